The molecule has 4 amide bonds. The van der Waals surface area contributed by atoms with Crippen LogP contribution >= 0.6 is 0 Å². The van der Waals surface area contributed by atoms with E-state index in [2.05, 4.69) is 30.9 Å². The molecule has 216 valence electrons. The van der Waals surface area contributed by atoms with Gasteiger partial charge in [-0.3, -0.25) is 29.0 Å². The van der Waals surface area contributed by atoms with Gasteiger partial charge >= 0.3 is 11.9 Å². The lowest BCUT2D eigenvalue weighted by atomic mass is 10.1. The number of carbonyl (C=O) groups excluding carboxylic acids is 4. The van der Waals surface area contributed by atoms with Crippen LogP contribution in [-0.2, 0) is 35.2 Å². The van der Waals surface area contributed by atoms with Crippen molar-refractivity contribution in [1.82, 2.24) is 25.9 Å². The van der Waals surface area contributed by atoms with Crippen molar-refractivity contribution in [1.29, 1.82) is 0 Å². The highest BCUT2D eigenvalue weighted by atomic mass is 16.4. The number of amides is 4. The number of H-pyrrole nitrogens is 1. The first-order valence-corrected chi connectivity index (χ1v) is 11.7. The number of rotatable bonds is 18. The largest absolute Gasteiger partial charge is 0.481 e. The number of nitrogens with one attached hydrogen (secondary N) is 4. The number of hydrogen-bond donors (Lipinski definition) is 10. The van der Waals surface area contributed by atoms with Crippen molar-refractivity contribution in [2.45, 2.75) is 62.7 Å². The van der Waals surface area contributed by atoms with E-state index in [1.807, 2.05) is 0 Å². The molecule has 0 aliphatic rings. The number of aliphatic carboxylic acids is 2. The first-order valence-electron chi connectivity index (χ1n) is 11.7. The van der Waals surface area contributed by atoms with E-state index in [1.54, 1.807) is 0 Å². The number of guanidine groups is 1. The van der Waals surface area contributed by atoms with Crippen LogP contribution in [0.25, 0.3) is 0 Å². The van der Waals surface area contributed by atoms with E-state index in [0.29, 0.717) is 5.69 Å². The minimum Gasteiger partial charge on any atom is -0.481 e. The van der Waals surface area contributed by atoms with Gasteiger partial charge in [-0.2, -0.15) is 0 Å². The Kier molecular flexibility index (Phi) is 13.4. The van der Waals surface area contributed by atoms with Crippen LogP contribution in [0, 0.1) is 0 Å². The molecule has 0 bridgehead atoms. The summed E-state index contributed by atoms with van der Waals surface area (Å²) in [6, 6.07) is -5.63. The lowest BCUT2D eigenvalue weighted by Crippen LogP contribution is -2.58. The molecule has 14 N–H and O–H groups in total. The number of aromatic amines is 1. The summed E-state index contributed by atoms with van der Waals surface area (Å²) < 4.78 is 0. The Balaban J connectivity index is 2.96. The van der Waals surface area contributed by atoms with Gasteiger partial charge in [-0.1, -0.05) is 0 Å². The second kappa shape index (κ2) is 16.2. The van der Waals surface area contributed by atoms with Gasteiger partial charge in [0, 0.05) is 31.3 Å². The van der Waals surface area contributed by atoms with Gasteiger partial charge in [0.1, 0.15) is 18.1 Å². The highest BCUT2D eigenvalue weighted by Gasteiger charge is 2.31. The molecule has 1 heterocycles. The van der Waals surface area contributed by atoms with Crippen LogP contribution in [-0.4, -0.2) is 92.4 Å². The quantitative estimate of drug-likeness (QED) is 0.0467. The molecule has 0 saturated carbocycles. The molecule has 4 atom stereocenters. The number of primary amides is 1. The summed E-state index contributed by atoms with van der Waals surface area (Å²) in [5.74, 6) is -6.70. The van der Waals surface area contributed by atoms with Crippen molar-refractivity contribution in [3.63, 3.8) is 0 Å². The van der Waals surface area contributed by atoms with E-state index < -0.39 is 72.6 Å². The normalized spacial score (nSPS) is 13.7. The third-order valence-corrected chi connectivity index (χ3v) is 5.21. The number of nitrogens with two attached hydrogens (primary N) is 4. The smallest absolute Gasteiger partial charge is 0.326 e. The van der Waals surface area contributed by atoms with Gasteiger partial charge < -0.3 is 54.1 Å². The summed E-state index contributed by atoms with van der Waals surface area (Å²) in [5, 5.41) is 25.2. The predicted octanol–water partition coefficient (Wildman–Crippen LogP) is -4.39. The van der Waals surface area contributed by atoms with Gasteiger partial charge in [0.2, 0.25) is 23.6 Å². The summed E-state index contributed by atoms with van der Waals surface area (Å²) in [6.45, 7) is 0.0941. The fourth-order valence-electron chi connectivity index (χ4n) is 3.26. The summed E-state index contributed by atoms with van der Waals surface area (Å²) >= 11 is 0. The fourth-order valence-corrected chi connectivity index (χ4v) is 3.26. The molecular weight excluding hydrogens is 520 g/mol. The zero-order valence-electron chi connectivity index (χ0n) is 21.0. The molecule has 0 radical (unpaired) electrons. The SMILES string of the molecule is NC(=O)CC(NC(=O)C(CCC(=O)O)NC(=O)C(N)Cc1cnc[nH]1)C(=O)NC(CCCN=C(N)N)C(=O)O. The molecule has 0 spiro atoms. The monoisotopic (exact) mass is 554 g/mol. The number of carbonyl (C=O) groups is 6. The number of carboxylic acids is 2. The maximum absolute atomic E-state index is 13.0. The number of aromatic nitrogens is 2. The molecule has 1 rings (SSSR count). The third kappa shape index (κ3) is 12.9. The third-order valence-electron chi connectivity index (χ3n) is 5.21. The highest BCUT2D eigenvalue weighted by Crippen LogP contribution is 2.05. The molecule has 39 heavy (non-hydrogen) atoms. The van der Waals surface area contributed by atoms with E-state index in [1.165, 1.54) is 12.5 Å². The summed E-state index contributed by atoms with van der Waals surface area (Å²) in [4.78, 5) is 82.8. The van der Waals surface area contributed by atoms with Gasteiger partial charge in [0.15, 0.2) is 5.96 Å². The number of hydrogen-bond acceptors (Lipinski definition) is 9. The minimum atomic E-state index is -1.63. The molecular formula is C21H34N10O8. The average molecular weight is 555 g/mol. The molecule has 0 aromatic carbocycles. The van der Waals surface area contributed by atoms with E-state index in [-0.39, 0.29) is 38.2 Å². The van der Waals surface area contributed by atoms with Crippen molar-refractivity contribution in [2.24, 2.45) is 27.9 Å². The number of nitrogens with zero attached hydrogens (tertiary/aromatic N) is 2. The average Bonchev–Trinajstić information content (AvgIpc) is 3.35. The zero-order valence-corrected chi connectivity index (χ0v) is 21.0. The minimum absolute atomic E-state index is 0.0333. The first kappa shape index (κ1) is 32.3. The van der Waals surface area contributed by atoms with Crippen molar-refractivity contribution in [3.05, 3.63) is 18.2 Å². The van der Waals surface area contributed by atoms with Crippen molar-refractivity contribution >= 4 is 41.5 Å². The van der Waals surface area contributed by atoms with Crippen molar-refractivity contribution in [2.75, 3.05) is 6.54 Å². The van der Waals surface area contributed by atoms with Gasteiger partial charge in [-0.15, -0.1) is 0 Å². The molecule has 18 nitrogen and oxygen atoms in total. The van der Waals surface area contributed by atoms with E-state index in [4.69, 9.17) is 28.0 Å². The van der Waals surface area contributed by atoms with Crippen molar-refractivity contribution in [3.8, 4) is 0 Å². The van der Waals surface area contributed by atoms with E-state index >= 15 is 0 Å². The van der Waals surface area contributed by atoms with Crippen LogP contribution in [0.5, 0.6) is 0 Å². The van der Waals surface area contributed by atoms with Crippen LogP contribution in [0.4, 0.5) is 0 Å². The van der Waals surface area contributed by atoms with Gasteiger partial charge in [-0.05, 0) is 19.3 Å². The Bertz CT molecular complexity index is 1040. The lowest BCUT2D eigenvalue weighted by molar-refractivity contribution is -0.142. The molecule has 1 aromatic heterocycles. The Labute approximate surface area is 222 Å². The van der Waals surface area contributed by atoms with Crippen LogP contribution in [0.15, 0.2) is 17.5 Å². The molecule has 0 saturated heterocycles. The van der Waals surface area contributed by atoms with Gasteiger partial charge in [-0.25, -0.2) is 9.78 Å². The molecule has 1 aromatic rings. The summed E-state index contributed by atoms with van der Waals surface area (Å²) in [6.07, 6.45) is 1.34. The maximum atomic E-state index is 13.0. The van der Waals surface area contributed by atoms with Crippen LogP contribution < -0.4 is 38.9 Å². The second-order valence-electron chi connectivity index (χ2n) is 8.46. The standard InChI is InChI=1S/C21H34N10O8/c22-11(6-10-8-26-9-28-10)17(35)29-12(3-4-16(33)34)18(36)31-14(7-15(23)32)19(37)30-13(20(38)39)2-1-5-27-21(24)25/h8-9,11-14H,1-7,22H2,(H2,23,32)(H,26,28)(H,29,35)(H,30,37)(H,31,36)(H,33,34)(H,38,39)(H4,24,25,27). The Morgan fingerprint density at radius 1 is 0.923 bits per heavy atom. The molecule has 0 aliphatic heterocycles. The molecule has 4 unspecified atom stereocenters. The Morgan fingerprint density at radius 3 is 2.08 bits per heavy atom. The topological polar surface area (TPSA) is 324 Å². The molecule has 18 heteroatoms. The van der Waals surface area contributed by atoms with Gasteiger partial charge in [0.05, 0.1) is 18.8 Å². The first-order chi connectivity index (χ1) is 18.3. The Morgan fingerprint density at radius 2 is 1.54 bits per heavy atom. The fraction of sp³-hybridized carbons (Fsp3) is 0.524. The second-order valence-corrected chi connectivity index (χ2v) is 8.46. The number of imidazole rings is 1. The summed E-state index contributed by atoms with van der Waals surface area (Å²) in [5.41, 5.74) is 22.0. The van der Waals surface area contributed by atoms with Gasteiger partial charge in [0.25, 0.3) is 0 Å². The zero-order chi connectivity index (χ0) is 29.5. The van der Waals surface area contributed by atoms with E-state index in [9.17, 15) is 33.9 Å². The lowest BCUT2D eigenvalue weighted by Gasteiger charge is -2.24. The van der Waals surface area contributed by atoms with Crippen LogP contribution in [0.1, 0.15) is 37.8 Å². The van der Waals surface area contributed by atoms with Crippen LogP contribution in [0.2, 0.25) is 0 Å². The number of carboxylic acid groups (broad SMARTS) is 2. The van der Waals surface area contributed by atoms with Crippen LogP contribution in [0.3, 0.4) is 0 Å². The highest BCUT2D eigenvalue weighted by molar-refractivity contribution is 5.96. The Hall–Kier alpha value is -4.74. The molecule has 0 aliphatic carbocycles. The predicted molar refractivity (Wildman–Crippen MR) is 134 cm³/mol. The summed E-state index contributed by atoms with van der Waals surface area (Å²) in [7, 11) is 0. The van der Waals surface area contributed by atoms with Crippen molar-refractivity contribution < 1.29 is 39.0 Å². The maximum Gasteiger partial charge on any atom is 0.326 e. The van der Waals surface area contributed by atoms with E-state index in [0.717, 1.165) is 0 Å². The number of aliphatic imine (C=N–C) groups is 1. The molecule has 0 fully saturated rings.